The number of nitrogens with zero attached hydrogens (tertiary/aromatic N) is 1. The summed E-state index contributed by atoms with van der Waals surface area (Å²) in [6, 6.07) is 8.13. The molecule has 0 spiro atoms. The van der Waals surface area contributed by atoms with Crippen LogP contribution in [-0.4, -0.2) is 40.3 Å². The Balaban J connectivity index is 2.35. The van der Waals surface area contributed by atoms with E-state index in [1.807, 2.05) is 12.1 Å². The first-order valence-corrected chi connectivity index (χ1v) is 8.60. The Morgan fingerprint density at radius 3 is 2.52 bits per heavy atom. The number of hydrogen-bond donors (Lipinski definition) is 3. The average molecular weight is 312 g/mol. The molecule has 0 amide bonds. The monoisotopic (exact) mass is 312 g/mol. The fraction of sp³-hybridized carbons (Fsp3) is 0.500. The highest BCUT2D eigenvalue weighted by Gasteiger charge is 2.05. The summed E-state index contributed by atoms with van der Waals surface area (Å²) in [4.78, 5) is 4.10. The van der Waals surface area contributed by atoms with Crippen molar-refractivity contribution in [1.29, 1.82) is 0 Å². The summed E-state index contributed by atoms with van der Waals surface area (Å²) < 4.78 is 25.1. The van der Waals surface area contributed by atoms with Gasteiger partial charge in [0.05, 0.1) is 5.75 Å². The first kappa shape index (κ1) is 17.5. The van der Waals surface area contributed by atoms with Crippen molar-refractivity contribution in [3.63, 3.8) is 0 Å². The van der Waals surface area contributed by atoms with E-state index in [0.29, 0.717) is 25.6 Å². The SMILES string of the molecule is CCS(=O)(=O)NCCNC(=NC)NCc1ccccc1C. The highest BCUT2D eigenvalue weighted by Crippen LogP contribution is 2.05. The van der Waals surface area contributed by atoms with E-state index in [1.165, 1.54) is 11.1 Å². The van der Waals surface area contributed by atoms with Crippen molar-refractivity contribution < 1.29 is 8.42 Å². The molecule has 0 aliphatic rings. The second-order valence-electron chi connectivity index (χ2n) is 4.58. The van der Waals surface area contributed by atoms with Crippen LogP contribution >= 0.6 is 0 Å². The molecule has 0 fully saturated rings. The minimum absolute atomic E-state index is 0.0905. The second kappa shape index (κ2) is 8.63. The van der Waals surface area contributed by atoms with E-state index in [9.17, 15) is 8.42 Å². The number of sulfonamides is 1. The Morgan fingerprint density at radius 1 is 1.19 bits per heavy atom. The third-order valence-electron chi connectivity index (χ3n) is 3.05. The number of nitrogens with one attached hydrogen (secondary N) is 3. The maximum absolute atomic E-state index is 11.3. The van der Waals surface area contributed by atoms with Crippen LogP contribution in [-0.2, 0) is 16.6 Å². The van der Waals surface area contributed by atoms with Crippen LogP contribution in [0.25, 0.3) is 0 Å². The van der Waals surface area contributed by atoms with E-state index in [0.717, 1.165) is 0 Å². The van der Waals surface area contributed by atoms with Gasteiger partial charge in [-0.15, -0.1) is 0 Å². The van der Waals surface area contributed by atoms with Gasteiger partial charge in [0.25, 0.3) is 0 Å². The summed E-state index contributed by atoms with van der Waals surface area (Å²) in [6.45, 7) is 5.16. The molecule has 0 aliphatic heterocycles. The van der Waals surface area contributed by atoms with Gasteiger partial charge in [-0.3, -0.25) is 4.99 Å². The summed E-state index contributed by atoms with van der Waals surface area (Å²) >= 11 is 0. The Labute approximate surface area is 127 Å². The number of hydrogen-bond acceptors (Lipinski definition) is 3. The molecule has 6 nitrogen and oxygen atoms in total. The van der Waals surface area contributed by atoms with Crippen LogP contribution in [0.15, 0.2) is 29.3 Å². The van der Waals surface area contributed by atoms with Crippen LogP contribution < -0.4 is 15.4 Å². The molecule has 0 saturated heterocycles. The first-order valence-electron chi connectivity index (χ1n) is 6.95. The van der Waals surface area contributed by atoms with Gasteiger partial charge in [0.15, 0.2) is 5.96 Å². The highest BCUT2D eigenvalue weighted by molar-refractivity contribution is 7.89. The molecule has 7 heteroatoms. The van der Waals surface area contributed by atoms with Gasteiger partial charge >= 0.3 is 0 Å². The van der Waals surface area contributed by atoms with Gasteiger partial charge < -0.3 is 10.6 Å². The van der Waals surface area contributed by atoms with Gasteiger partial charge in [-0.2, -0.15) is 0 Å². The number of benzene rings is 1. The van der Waals surface area contributed by atoms with Crippen LogP contribution in [0, 0.1) is 6.92 Å². The Morgan fingerprint density at radius 2 is 1.90 bits per heavy atom. The van der Waals surface area contributed by atoms with Crippen molar-refractivity contribution in [3.8, 4) is 0 Å². The molecule has 1 aromatic rings. The van der Waals surface area contributed by atoms with E-state index >= 15 is 0 Å². The molecule has 1 rings (SSSR count). The van der Waals surface area contributed by atoms with E-state index in [1.54, 1.807) is 14.0 Å². The number of aliphatic imine (C=N–C) groups is 1. The molecular formula is C14H24N4O2S. The zero-order valence-corrected chi connectivity index (χ0v) is 13.6. The largest absolute Gasteiger partial charge is 0.355 e. The van der Waals surface area contributed by atoms with Gasteiger partial charge in [0, 0.05) is 26.7 Å². The molecule has 0 aromatic heterocycles. The summed E-state index contributed by atoms with van der Waals surface area (Å²) in [5.41, 5.74) is 2.42. The topological polar surface area (TPSA) is 82.6 Å². The second-order valence-corrected chi connectivity index (χ2v) is 6.67. The maximum atomic E-state index is 11.3. The van der Waals surface area contributed by atoms with E-state index in [4.69, 9.17) is 0 Å². The standard InChI is InChI=1S/C14H24N4O2S/c1-4-21(19,20)18-10-9-16-14(15-3)17-11-13-8-6-5-7-12(13)2/h5-8,18H,4,9-11H2,1-3H3,(H2,15,16,17). The van der Waals surface area contributed by atoms with Crippen LogP contribution in [0.3, 0.4) is 0 Å². The molecule has 3 N–H and O–H groups in total. The van der Waals surface area contributed by atoms with Gasteiger partial charge in [-0.25, -0.2) is 13.1 Å². The zero-order valence-electron chi connectivity index (χ0n) is 12.8. The maximum Gasteiger partial charge on any atom is 0.211 e. The van der Waals surface area contributed by atoms with Crippen LogP contribution in [0.4, 0.5) is 0 Å². The molecule has 21 heavy (non-hydrogen) atoms. The van der Waals surface area contributed by atoms with Crippen molar-refractivity contribution in [1.82, 2.24) is 15.4 Å². The molecular weight excluding hydrogens is 288 g/mol. The molecule has 118 valence electrons. The minimum Gasteiger partial charge on any atom is -0.355 e. The normalized spacial score (nSPS) is 12.2. The molecule has 0 saturated carbocycles. The van der Waals surface area contributed by atoms with E-state index < -0.39 is 10.0 Å². The predicted molar refractivity (Wildman–Crippen MR) is 86.8 cm³/mol. The number of rotatable bonds is 7. The van der Waals surface area contributed by atoms with Crippen molar-refractivity contribution in [3.05, 3.63) is 35.4 Å². The van der Waals surface area contributed by atoms with E-state index in [2.05, 4.69) is 39.4 Å². The fourth-order valence-electron chi connectivity index (χ4n) is 1.70. The average Bonchev–Trinajstić information content (AvgIpc) is 2.48. The van der Waals surface area contributed by atoms with Crippen molar-refractivity contribution >= 4 is 16.0 Å². The summed E-state index contributed by atoms with van der Waals surface area (Å²) in [6.07, 6.45) is 0. The molecule has 1 aromatic carbocycles. The lowest BCUT2D eigenvalue weighted by Crippen LogP contribution is -2.41. The quantitative estimate of drug-likeness (QED) is 0.391. The Hall–Kier alpha value is -1.60. The lowest BCUT2D eigenvalue weighted by molar-refractivity contribution is 0.582. The zero-order chi connectivity index (χ0) is 15.7. The molecule has 0 unspecified atom stereocenters. The fourth-order valence-corrected chi connectivity index (χ4v) is 2.31. The summed E-state index contributed by atoms with van der Waals surface area (Å²) in [7, 11) is -1.45. The smallest absolute Gasteiger partial charge is 0.211 e. The summed E-state index contributed by atoms with van der Waals surface area (Å²) in [5.74, 6) is 0.738. The van der Waals surface area contributed by atoms with Crippen LogP contribution in [0.1, 0.15) is 18.1 Å². The third kappa shape index (κ3) is 6.59. The van der Waals surface area contributed by atoms with Crippen molar-refractivity contribution in [2.24, 2.45) is 4.99 Å². The minimum atomic E-state index is -3.14. The Kier molecular flexibility index (Phi) is 7.18. The molecule has 0 bridgehead atoms. The lowest BCUT2D eigenvalue weighted by Gasteiger charge is -2.13. The van der Waals surface area contributed by atoms with Crippen molar-refractivity contribution in [2.75, 3.05) is 25.9 Å². The lowest BCUT2D eigenvalue weighted by atomic mass is 10.1. The van der Waals surface area contributed by atoms with Crippen molar-refractivity contribution in [2.45, 2.75) is 20.4 Å². The molecule has 0 heterocycles. The van der Waals surface area contributed by atoms with Gasteiger partial charge in [-0.1, -0.05) is 24.3 Å². The predicted octanol–water partition coefficient (Wildman–Crippen LogP) is 0.599. The Bertz CT molecular complexity index is 570. The van der Waals surface area contributed by atoms with Gasteiger partial charge in [0.1, 0.15) is 0 Å². The molecule has 0 aliphatic carbocycles. The van der Waals surface area contributed by atoms with Gasteiger partial charge in [-0.05, 0) is 25.0 Å². The highest BCUT2D eigenvalue weighted by atomic mass is 32.2. The molecule has 0 radical (unpaired) electrons. The van der Waals surface area contributed by atoms with Gasteiger partial charge in [0.2, 0.25) is 10.0 Å². The number of aryl methyl sites for hydroxylation is 1. The van der Waals surface area contributed by atoms with Crippen LogP contribution in [0.5, 0.6) is 0 Å². The van der Waals surface area contributed by atoms with Crippen LogP contribution in [0.2, 0.25) is 0 Å². The first-order chi connectivity index (χ1) is 9.98. The molecule has 0 atom stereocenters. The number of guanidine groups is 1. The van der Waals surface area contributed by atoms with E-state index in [-0.39, 0.29) is 5.75 Å². The third-order valence-corrected chi connectivity index (χ3v) is 4.45. The summed E-state index contributed by atoms with van der Waals surface area (Å²) in [5, 5.41) is 6.27.